The van der Waals surface area contributed by atoms with E-state index >= 15 is 0 Å². The summed E-state index contributed by atoms with van der Waals surface area (Å²) in [6, 6.07) is 7.97. The standard InChI is InChI=1S/C19H24N4O3/c1-21-14-19(26-18(21)24)7-10-22(11-8-19)13-17-20-9-12-23(17)15-3-5-16(25-2)6-4-15/h3-6,9,12H,7-8,10-11,13-14H2,1-2H3. The molecule has 2 saturated heterocycles. The van der Waals surface area contributed by atoms with E-state index in [2.05, 4.69) is 14.5 Å². The van der Waals surface area contributed by atoms with Crippen LogP contribution in [0.25, 0.3) is 5.69 Å². The molecule has 7 nitrogen and oxygen atoms in total. The van der Waals surface area contributed by atoms with Crippen LogP contribution in [0.3, 0.4) is 0 Å². The Hall–Kier alpha value is -2.54. The van der Waals surface area contributed by atoms with Gasteiger partial charge in [-0.3, -0.25) is 4.90 Å². The van der Waals surface area contributed by atoms with Crippen LogP contribution in [0.5, 0.6) is 5.75 Å². The number of carbonyl (C=O) groups excluding carboxylic acids is 1. The van der Waals surface area contributed by atoms with Crippen LogP contribution in [0.1, 0.15) is 18.7 Å². The number of hydrogen-bond acceptors (Lipinski definition) is 5. The Balaban J connectivity index is 1.42. The van der Waals surface area contributed by atoms with Gasteiger partial charge in [-0.2, -0.15) is 0 Å². The zero-order valence-corrected chi connectivity index (χ0v) is 15.2. The monoisotopic (exact) mass is 356 g/mol. The smallest absolute Gasteiger partial charge is 0.410 e. The van der Waals surface area contributed by atoms with Gasteiger partial charge in [0.2, 0.25) is 0 Å². The second-order valence-corrected chi connectivity index (χ2v) is 7.09. The molecule has 0 radical (unpaired) electrons. The average Bonchev–Trinajstić information content (AvgIpc) is 3.22. The van der Waals surface area contributed by atoms with Crippen LogP contribution in [0.2, 0.25) is 0 Å². The number of hydrogen-bond donors (Lipinski definition) is 0. The molecule has 1 spiro atoms. The van der Waals surface area contributed by atoms with Gasteiger partial charge in [-0.05, 0) is 24.3 Å². The minimum Gasteiger partial charge on any atom is -0.497 e. The Labute approximate surface area is 153 Å². The van der Waals surface area contributed by atoms with Crippen LogP contribution in [0.15, 0.2) is 36.7 Å². The fraction of sp³-hybridized carbons (Fsp3) is 0.474. The molecule has 2 aromatic rings. The number of amides is 1. The van der Waals surface area contributed by atoms with E-state index in [0.29, 0.717) is 6.54 Å². The fourth-order valence-corrected chi connectivity index (χ4v) is 3.80. The van der Waals surface area contributed by atoms with E-state index in [4.69, 9.17) is 9.47 Å². The predicted molar refractivity (Wildman–Crippen MR) is 96.5 cm³/mol. The summed E-state index contributed by atoms with van der Waals surface area (Å²) in [7, 11) is 3.47. The van der Waals surface area contributed by atoms with Crippen LogP contribution in [0, 0.1) is 0 Å². The van der Waals surface area contributed by atoms with Gasteiger partial charge in [-0.25, -0.2) is 9.78 Å². The van der Waals surface area contributed by atoms with Crippen molar-refractivity contribution in [2.45, 2.75) is 25.0 Å². The summed E-state index contributed by atoms with van der Waals surface area (Å²) in [5.74, 6) is 1.85. The number of benzene rings is 1. The highest BCUT2D eigenvalue weighted by Gasteiger charge is 2.45. The van der Waals surface area contributed by atoms with Gasteiger partial charge in [0, 0.05) is 51.1 Å². The van der Waals surface area contributed by atoms with Crippen molar-refractivity contribution in [3.63, 3.8) is 0 Å². The molecule has 1 aromatic carbocycles. The number of likely N-dealkylation sites (tertiary alicyclic amines) is 1. The summed E-state index contributed by atoms with van der Waals surface area (Å²) in [4.78, 5) is 20.3. The van der Waals surface area contributed by atoms with Crippen LogP contribution in [-0.2, 0) is 11.3 Å². The topological polar surface area (TPSA) is 59.8 Å². The minimum atomic E-state index is -0.298. The van der Waals surface area contributed by atoms with E-state index in [1.54, 1.807) is 19.1 Å². The summed E-state index contributed by atoms with van der Waals surface area (Å²) in [5.41, 5.74) is 0.770. The Bertz CT molecular complexity index is 778. The Morgan fingerprint density at radius 1 is 1.23 bits per heavy atom. The van der Waals surface area contributed by atoms with Crippen LogP contribution in [-0.4, -0.2) is 64.8 Å². The molecule has 4 rings (SSSR count). The van der Waals surface area contributed by atoms with E-state index in [1.807, 2.05) is 36.7 Å². The predicted octanol–water partition coefficient (Wildman–Crippen LogP) is 2.30. The van der Waals surface area contributed by atoms with E-state index < -0.39 is 0 Å². The highest BCUT2D eigenvalue weighted by atomic mass is 16.6. The van der Waals surface area contributed by atoms with Crippen molar-refractivity contribution in [2.75, 3.05) is 33.8 Å². The molecule has 2 aliphatic heterocycles. The summed E-state index contributed by atoms with van der Waals surface area (Å²) in [5, 5.41) is 0. The summed E-state index contributed by atoms with van der Waals surface area (Å²) < 4.78 is 13.0. The minimum absolute atomic E-state index is 0.200. The highest BCUT2D eigenvalue weighted by molar-refractivity contribution is 5.70. The van der Waals surface area contributed by atoms with Crippen molar-refractivity contribution in [1.82, 2.24) is 19.4 Å². The van der Waals surface area contributed by atoms with Gasteiger partial charge in [0.25, 0.3) is 0 Å². The molecular formula is C19H24N4O3. The number of nitrogens with zero attached hydrogens (tertiary/aromatic N) is 4. The lowest BCUT2D eigenvalue weighted by atomic mass is 9.91. The Kier molecular flexibility index (Phi) is 4.32. The van der Waals surface area contributed by atoms with Crippen molar-refractivity contribution in [3.8, 4) is 11.4 Å². The lowest BCUT2D eigenvalue weighted by Crippen LogP contribution is -2.46. The van der Waals surface area contributed by atoms with Crippen molar-refractivity contribution in [3.05, 3.63) is 42.5 Å². The third-order valence-electron chi connectivity index (χ3n) is 5.34. The maximum atomic E-state index is 11.7. The molecule has 0 bridgehead atoms. The van der Waals surface area contributed by atoms with Crippen molar-refractivity contribution in [2.24, 2.45) is 0 Å². The average molecular weight is 356 g/mol. The number of methoxy groups -OCH3 is 1. The maximum absolute atomic E-state index is 11.7. The van der Waals surface area contributed by atoms with Crippen LogP contribution >= 0.6 is 0 Å². The van der Waals surface area contributed by atoms with Crippen molar-refractivity contribution < 1.29 is 14.3 Å². The number of imidazole rings is 1. The molecule has 7 heteroatoms. The zero-order valence-electron chi connectivity index (χ0n) is 15.2. The van der Waals surface area contributed by atoms with Gasteiger partial charge in [-0.1, -0.05) is 0 Å². The molecule has 0 unspecified atom stereocenters. The number of carbonyl (C=O) groups is 1. The highest BCUT2D eigenvalue weighted by Crippen LogP contribution is 2.33. The number of ether oxygens (including phenoxy) is 2. The van der Waals surface area contributed by atoms with Crippen molar-refractivity contribution in [1.29, 1.82) is 0 Å². The van der Waals surface area contributed by atoms with Gasteiger partial charge in [0.1, 0.15) is 17.2 Å². The van der Waals surface area contributed by atoms with Crippen LogP contribution < -0.4 is 4.74 Å². The molecule has 26 heavy (non-hydrogen) atoms. The normalized spacial score (nSPS) is 19.8. The summed E-state index contributed by atoms with van der Waals surface area (Å²) >= 11 is 0. The first-order valence-electron chi connectivity index (χ1n) is 8.92. The molecule has 2 aliphatic rings. The van der Waals surface area contributed by atoms with Gasteiger partial charge >= 0.3 is 6.09 Å². The van der Waals surface area contributed by atoms with Crippen molar-refractivity contribution >= 4 is 6.09 Å². The fourth-order valence-electron chi connectivity index (χ4n) is 3.80. The van der Waals surface area contributed by atoms with Gasteiger partial charge in [0.05, 0.1) is 20.2 Å². The molecule has 3 heterocycles. The van der Waals surface area contributed by atoms with E-state index in [-0.39, 0.29) is 11.7 Å². The molecule has 1 aromatic heterocycles. The first-order chi connectivity index (χ1) is 12.6. The number of piperidine rings is 1. The lowest BCUT2D eigenvalue weighted by molar-refractivity contribution is -0.00183. The quantitative estimate of drug-likeness (QED) is 0.841. The van der Waals surface area contributed by atoms with Gasteiger partial charge < -0.3 is 18.9 Å². The van der Waals surface area contributed by atoms with E-state index in [1.165, 1.54) is 0 Å². The Morgan fingerprint density at radius 3 is 2.58 bits per heavy atom. The lowest BCUT2D eigenvalue weighted by Gasteiger charge is -2.37. The zero-order chi connectivity index (χ0) is 18.1. The molecule has 0 saturated carbocycles. The van der Waals surface area contributed by atoms with E-state index in [0.717, 1.165) is 49.7 Å². The molecular weight excluding hydrogens is 332 g/mol. The Morgan fingerprint density at radius 2 is 1.96 bits per heavy atom. The van der Waals surface area contributed by atoms with Crippen LogP contribution in [0.4, 0.5) is 4.79 Å². The number of aromatic nitrogens is 2. The first kappa shape index (κ1) is 16.9. The molecule has 138 valence electrons. The van der Waals surface area contributed by atoms with Gasteiger partial charge in [-0.15, -0.1) is 0 Å². The third kappa shape index (κ3) is 3.14. The second kappa shape index (κ2) is 6.64. The first-order valence-corrected chi connectivity index (χ1v) is 8.92. The summed E-state index contributed by atoms with van der Waals surface area (Å²) in [6.07, 6.45) is 5.35. The largest absolute Gasteiger partial charge is 0.497 e. The second-order valence-electron chi connectivity index (χ2n) is 7.09. The molecule has 2 fully saturated rings. The van der Waals surface area contributed by atoms with Gasteiger partial charge in [0.15, 0.2) is 0 Å². The molecule has 0 atom stereocenters. The molecule has 1 amide bonds. The number of rotatable bonds is 4. The molecule has 0 N–H and O–H groups in total. The number of likely N-dealkylation sites (N-methyl/N-ethyl adjacent to an activating group) is 1. The molecule has 0 aliphatic carbocycles. The maximum Gasteiger partial charge on any atom is 0.410 e. The third-order valence-corrected chi connectivity index (χ3v) is 5.34. The summed E-state index contributed by atoms with van der Waals surface area (Å²) in [6.45, 7) is 3.27. The SMILES string of the molecule is COc1ccc(-n2ccnc2CN2CCC3(CC2)CN(C)C(=O)O3)cc1. The van der Waals surface area contributed by atoms with E-state index in [9.17, 15) is 4.79 Å².